The topological polar surface area (TPSA) is 9.23 Å². The van der Waals surface area contributed by atoms with Crippen LogP contribution in [0.25, 0.3) is 0 Å². The van der Waals surface area contributed by atoms with Crippen LogP contribution in [0.5, 0.6) is 5.75 Å². The minimum atomic E-state index is -0.206. The third-order valence-corrected chi connectivity index (χ3v) is 3.46. The Kier molecular flexibility index (Phi) is 2.96. The van der Waals surface area contributed by atoms with Gasteiger partial charge in [-0.25, -0.2) is 4.39 Å². The number of fused-ring (bicyclic) bond motifs is 1. The van der Waals surface area contributed by atoms with Gasteiger partial charge in [0, 0.05) is 5.02 Å². The SMILES string of the molecule is Fc1ccc2c(c1)CCC(c1ccc(Cl)cc1)O2. The first-order valence-corrected chi connectivity index (χ1v) is 6.31. The summed E-state index contributed by atoms with van der Waals surface area (Å²) < 4.78 is 19.0. The Morgan fingerprint density at radius 1 is 1.11 bits per heavy atom. The molecule has 2 aromatic rings. The fourth-order valence-corrected chi connectivity index (χ4v) is 2.40. The number of hydrogen-bond donors (Lipinski definition) is 0. The van der Waals surface area contributed by atoms with Crippen LogP contribution in [0.3, 0.4) is 0 Å². The van der Waals surface area contributed by atoms with Crippen molar-refractivity contribution in [3.63, 3.8) is 0 Å². The van der Waals surface area contributed by atoms with Gasteiger partial charge in [0.05, 0.1) is 0 Å². The number of benzene rings is 2. The Morgan fingerprint density at radius 3 is 2.67 bits per heavy atom. The van der Waals surface area contributed by atoms with Crippen LogP contribution in [0, 0.1) is 5.82 Å². The molecule has 1 unspecified atom stereocenters. The highest BCUT2D eigenvalue weighted by Crippen LogP contribution is 2.35. The molecule has 3 rings (SSSR count). The van der Waals surface area contributed by atoms with Gasteiger partial charge in [-0.2, -0.15) is 0 Å². The summed E-state index contributed by atoms with van der Waals surface area (Å²) in [6.07, 6.45) is 1.72. The first-order chi connectivity index (χ1) is 8.72. The van der Waals surface area contributed by atoms with E-state index < -0.39 is 0 Å². The lowest BCUT2D eigenvalue weighted by Gasteiger charge is -2.26. The molecule has 0 saturated carbocycles. The van der Waals surface area contributed by atoms with E-state index >= 15 is 0 Å². The van der Waals surface area contributed by atoms with Crippen molar-refractivity contribution in [3.05, 3.63) is 64.4 Å². The third kappa shape index (κ3) is 2.21. The molecule has 2 aromatic carbocycles. The lowest BCUT2D eigenvalue weighted by molar-refractivity contribution is 0.176. The Hall–Kier alpha value is -1.54. The fourth-order valence-electron chi connectivity index (χ4n) is 2.27. The van der Waals surface area contributed by atoms with Gasteiger partial charge in [-0.3, -0.25) is 0 Å². The minimum Gasteiger partial charge on any atom is -0.485 e. The van der Waals surface area contributed by atoms with E-state index in [0.29, 0.717) is 0 Å². The molecular weight excluding hydrogens is 251 g/mol. The second-order valence-corrected chi connectivity index (χ2v) is 4.89. The van der Waals surface area contributed by atoms with Crippen LogP contribution in [0.2, 0.25) is 5.02 Å². The van der Waals surface area contributed by atoms with E-state index in [1.54, 1.807) is 12.1 Å². The number of rotatable bonds is 1. The van der Waals surface area contributed by atoms with Crippen molar-refractivity contribution in [2.45, 2.75) is 18.9 Å². The molecule has 1 heterocycles. The Labute approximate surface area is 110 Å². The average Bonchev–Trinajstić information content (AvgIpc) is 2.39. The summed E-state index contributed by atoms with van der Waals surface area (Å²) in [4.78, 5) is 0. The largest absolute Gasteiger partial charge is 0.485 e. The molecule has 3 heteroatoms. The summed E-state index contributed by atoms with van der Waals surface area (Å²) in [6, 6.07) is 12.4. The molecule has 18 heavy (non-hydrogen) atoms. The standard InChI is InChI=1S/C15H12ClFO/c16-12-4-1-10(2-5-12)14-7-3-11-9-13(17)6-8-15(11)18-14/h1-2,4-6,8-9,14H,3,7H2. The van der Waals surface area contributed by atoms with Crippen molar-refractivity contribution in [2.75, 3.05) is 0 Å². The van der Waals surface area contributed by atoms with Crippen LogP contribution in [-0.2, 0) is 6.42 Å². The quantitative estimate of drug-likeness (QED) is 0.733. The fraction of sp³-hybridized carbons (Fsp3) is 0.200. The van der Waals surface area contributed by atoms with E-state index in [1.807, 2.05) is 24.3 Å². The molecule has 1 aliphatic rings. The predicted molar refractivity (Wildman–Crippen MR) is 69.5 cm³/mol. The molecule has 0 spiro atoms. The van der Waals surface area contributed by atoms with Crippen molar-refractivity contribution in [3.8, 4) is 5.75 Å². The van der Waals surface area contributed by atoms with Crippen LogP contribution in [0.15, 0.2) is 42.5 Å². The zero-order valence-corrected chi connectivity index (χ0v) is 10.5. The summed E-state index contributed by atoms with van der Waals surface area (Å²) in [5, 5.41) is 0.719. The molecule has 92 valence electrons. The van der Waals surface area contributed by atoms with Gasteiger partial charge in [0.1, 0.15) is 17.7 Å². The van der Waals surface area contributed by atoms with Crippen LogP contribution >= 0.6 is 11.6 Å². The highest BCUT2D eigenvalue weighted by atomic mass is 35.5. The second-order valence-electron chi connectivity index (χ2n) is 4.45. The third-order valence-electron chi connectivity index (χ3n) is 3.21. The smallest absolute Gasteiger partial charge is 0.124 e. The van der Waals surface area contributed by atoms with Gasteiger partial charge < -0.3 is 4.74 Å². The van der Waals surface area contributed by atoms with E-state index in [9.17, 15) is 4.39 Å². The Balaban J connectivity index is 1.86. The summed E-state index contributed by atoms with van der Waals surface area (Å²) in [5.74, 6) is 0.574. The van der Waals surface area contributed by atoms with E-state index in [4.69, 9.17) is 16.3 Å². The summed E-state index contributed by atoms with van der Waals surface area (Å²) >= 11 is 5.87. The maximum Gasteiger partial charge on any atom is 0.124 e. The lowest BCUT2D eigenvalue weighted by atomic mass is 9.97. The number of hydrogen-bond acceptors (Lipinski definition) is 1. The monoisotopic (exact) mass is 262 g/mol. The van der Waals surface area contributed by atoms with Crippen molar-refractivity contribution in [2.24, 2.45) is 0 Å². The summed E-state index contributed by atoms with van der Waals surface area (Å²) in [7, 11) is 0. The first-order valence-electron chi connectivity index (χ1n) is 5.93. The van der Waals surface area contributed by atoms with Crippen LogP contribution in [-0.4, -0.2) is 0 Å². The van der Waals surface area contributed by atoms with Crippen molar-refractivity contribution >= 4 is 11.6 Å². The minimum absolute atomic E-state index is 0.0280. The first kappa shape index (κ1) is 11.5. The molecule has 1 atom stereocenters. The molecule has 0 bridgehead atoms. The van der Waals surface area contributed by atoms with E-state index in [-0.39, 0.29) is 11.9 Å². The zero-order chi connectivity index (χ0) is 12.5. The normalized spacial score (nSPS) is 18.0. The average molecular weight is 263 g/mol. The maximum absolute atomic E-state index is 13.1. The van der Waals surface area contributed by atoms with Crippen LogP contribution in [0.4, 0.5) is 4.39 Å². The van der Waals surface area contributed by atoms with Crippen molar-refractivity contribution < 1.29 is 9.13 Å². The predicted octanol–water partition coefficient (Wildman–Crippen LogP) is 4.55. The molecule has 1 aliphatic heterocycles. The highest BCUT2D eigenvalue weighted by molar-refractivity contribution is 6.30. The number of aryl methyl sites for hydroxylation is 1. The maximum atomic E-state index is 13.1. The van der Waals surface area contributed by atoms with Crippen LogP contribution < -0.4 is 4.74 Å². The van der Waals surface area contributed by atoms with E-state index in [0.717, 1.165) is 34.7 Å². The van der Waals surface area contributed by atoms with E-state index in [1.165, 1.54) is 6.07 Å². The molecular formula is C15H12ClFO. The number of halogens is 2. The van der Waals surface area contributed by atoms with Crippen LogP contribution in [0.1, 0.15) is 23.7 Å². The van der Waals surface area contributed by atoms with Gasteiger partial charge in [0.25, 0.3) is 0 Å². The molecule has 1 nitrogen and oxygen atoms in total. The summed E-state index contributed by atoms with van der Waals surface area (Å²) in [6.45, 7) is 0. The van der Waals surface area contributed by atoms with Crippen molar-refractivity contribution in [1.82, 2.24) is 0 Å². The van der Waals surface area contributed by atoms with Gasteiger partial charge >= 0.3 is 0 Å². The molecule has 0 saturated heterocycles. The molecule has 0 fully saturated rings. The second kappa shape index (κ2) is 4.62. The summed E-state index contributed by atoms with van der Waals surface area (Å²) in [5.41, 5.74) is 2.05. The van der Waals surface area contributed by atoms with Gasteiger partial charge in [0.2, 0.25) is 0 Å². The highest BCUT2D eigenvalue weighted by Gasteiger charge is 2.21. The lowest BCUT2D eigenvalue weighted by Crippen LogP contribution is -2.15. The molecule has 0 amide bonds. The molecule has 0 aliphatic carbocycles. The van der Waals surface area contributed by atoms with Gasteiger partial charge in [-0.05, 0) is 54.3 Å². The zero-order valence-electron chi connectivity index (χ0n) is 9.70. The Bertz CT molecular complexity index is 565. The molecule has 0 radical (unpaired) electrons. The Morgan fingerprint density at radius 2 is 1.89 bits per heavy atom. The van der Waals surface area contributed by atoms with Gasteiger partial charge in [-0.1, -0.05) is 23.7 Å². The van der Waals surface area contributed by atoms with E-state index in [2.05, 4.69) is 0 Å². The molecule has 0 N–H and O–H groups in total. The van der Waals surface area contributed by atoms with Crippen molar-refractivity contribution in [1.29, 1.82) is 0 Å². The van der Waals surface area contributed by atoms with Gasteiger partial charge in [-0.15, -0.1) is 0 Å². The number of ether oxygens (including phenoxy) is 1. The molecule has 0 aromatic heterocycles. The van der Waals surface area contributed by atoms with Gasteiger partial charge in [0.15, 0.2) is 0 Å².